The molecule has 1 N–H and O–H groups in total. The highest BCUT2D eigenvalue weighted by Gasteiger charge is 2.17. The lowest BCUT2D eigenvalue weighted by Crippen LogP contribution is -2.24. The van der Waals surface area contributed by atoms with E-state index in [-0.39, 0.29) is 5.91 Å². The summed E-state index contributed by atoms with van der Waals surface area (Å²) in [6.07, 6.45) is 1.69. The molecule has 1 amide bonds. The SMILES string of the molecule is Cc1ccc(-c2nc(C(=O)NCc3ccccn3)c(C)o2)cc1. The molecule has 0 aliphatic rings. The average Bonchev–Trinajstić information content (AvgIpc) is 2.96. The van der Waals surface area contributed by atoms with Crippen LogP contribution in [0.5, 0.6) is 0 Å². The van der Waals surface area contributed by atoms with Gasteiger partial charge in [0, 0.05) is 11.8 Å². The van der Waals surface area contributed by atoms with Crippen molar-refractivity contribution in [3.63, 3.8) is 0 Å². The molecule has 0 atom stereocenters. The molecule has 3 rings (SSSR count). The molecule has 0 radical (unpaired) electrons. The number of amides is 1. The minimum atomic E-state index is -0.268. The van der Waals surface area contributed by atoms with Crippen LogP contribution in [-0.4, -0.2) is 15.9 Å². The van der Waals surface area contributed by atoms with Crippen molar-refractivity contribution in [1.29, 1.82) is 0 Å². The molecule has 2 heterocycles. The normalized spacial score (nSPS) is 10.5. The number of carbonyl (C=O) groups excluding carboxylic acids is 1. The number of oxazole rings is 1. The van der Waals surface area contributed by atoms with E-state index in [4.69, 9.17) is 4.42 Å². The van der Waals surface area contributed by atoms with Crippen molar-refractivity contribution in [3.05, 3.63) is 71.4 Å². The Bertz CT molecular complexity index is 808. The highest BCUT2D eigenvalue weighted by molar-refractivity contribution is 5.93. The number of nitrogens with zero attached hydrogens (tertiary/aromatic N) is 2. The van der Waals surface area contributed by atoms with Crippen molar-refractivity contribution >= 4 is 5.91 Å². The summed E-state index contributed by atoms with van der Waals surface area (Å²) >= 11 is 0. The van der Waals surface area contributed by atoms with Crippen LogP contribution in [0.2, 0.25) is 0 Å². The molecule has 23 heavy (non-hydrogen) atoms. The highest BCUT2D eigenvalue weighted by atomic mass is 16.4. The summed E-state index contributed by atoms with van der Waals surface area (Å²) in [5.41, 5.74) is 3.10. The maximum Gasteiger partial charge on any atom is 0.273 e. The lowest BCUT2D eigenvalue weighted by Gasteiger charge is -2.02. The summed E-state index contributed by atoms with van der Waals surface area (Å²) in [5, 5.41) is 2.81. The van der Waals surface area contributed by atoms with Crippen LogP contribution in [0.3, 0.4) is 0 Å². The molecular formula is C18H17N3O2. The van der Waals surface area contributed by atoms with E-state index >= 15 is 0 Å². The van der Waals surface area contributed by atoms with Gasteiger partial charge in [-0.15, -0.1) is 0 Å². The Morgan fingerprint density at radius 2 is 1.91 bits per heavy atom. The van der Waals surface area contributed by atoms with Gasteiger partial charge in [-0.1, -0.05) is 23.8 Å². The quantitative estimate of drug-likeness (QED) is 0.803. The van der Waals surface area contributed by atoms with Gasteiger partial charge < -0.3 is 9.73 Å². The minimum absolute atomic E-state index is 0.268. The van der Waals surface area contributed by atoms with Gasteiger partial charge in [0.25, 0.3) is 5.91 Å². The van der Waals surface area contributed by atoms with E-state index in [0.29, 0.717) is 23.9 Å². The molecule has 116 valence electrons. The predicted octanol–water partition coefficient (Wildman–Crippen LogP) is 3.28. The molecule has 1 aromatic carbocycles. The van der Waals surface area contributed by atoms with Crippen LogP contribution in [0.15, 0.2) is 53.1 Å². The summed E-state index contributed by atoms with van der Waals surface area (Å²) in [6.45, 7) is 4.10. The zero-order valence-corrected chi connectivity index (χ0v) is 13.0. The molecule has 3 aromatic rings. The molecule has 5 heteroatoms. The monoisotopic (exact) mass is 307 g/mol. The van der Waals surface area contributed by atoms with Gasteiger partial charge in [-0.3, -0.25) is 9.78 Å². The number of benzene rings is 1. The molecule has 0 unspecified atom stereocenters. The molecule has 0 saturated heterocycles. The third-order valence-corrected chi connectivity index (χ3v) is 3.47. The van der Waals surface area contributed by atoms with Crippen LogP contribution >= 0.6 is 0 Å². The Hall–Kier alpha value is -2.95. The number of carbonyl (C=O) groups is 1. The average molecular weight is 307 g/mol. The fraction of sp³-hybridized carbons (Fsp3) is 0.167. The van der Waals surface area contributed by atoms with E-state index in [9.17, 15) is 4.79 Å². The molecule has 2 aromatic heterocycles. The Morgan fingerprint density at radius 1 is 1.13 bits per heavy atom. The largest absolute Gasteiger partial charge is 0.441 e. The first-order chi connectivity index (χ1) is 11.1. The third kappa shape index (κ3) is 3.45. The minimum Gasteiger partial charge on any atom is -0.441 e. The molecule has 0 spiro atoms. The molecule has 0 fully saturated rings. The van der Waals surface area contributed by atoms with Gasteiger partial charge in [0.15, 0.2) is 5.69 Å². The van der Waals surface area contributed by atoms with Crippen molar-refractivity contribution in [3.8, 4) is 11.5 Å². The van der Waals surface area contributed by atoms with Crippen molar-refractivity contribution in [2.45, 2.75) is 20.4 Å². The highest BCUT2D eigenvalue weighted by Crippen LogP contribution is 2.22. The molecule has 0 aliphatic heterocycles. The molecular weight excluding hydrogens is 290 g/mol. The van der Waals surface area contributed by atoms with Gasteiger partial charge in [0.05, 0.1) is 12.2 Å². The molecule has 0 bridgehead atoms. The number of hydrogen-bond donors (Lipinski definition) is 1. The maximum absolute atomic E-state index is 12.3. The standard InChI is InChI=1S/C18H17N3O2/c1-12-6-8-14(9-7-12)18-21-16(13(2)23-18)17(22)20-11-15-5-3-4-10-19-15/h3-10H,11H2,1-2H3,(H,20,22). The number of aryl methyl sites for hydroxylation is 2. The zero-order valence-electron chi connectivity index (χ0n) is 13.0. The predicted molar refractivity (Wildman–Crippen MR) is 86.8 cm³/mol. The van der Waals surface area contributed by atoms with Crippen LogP contribution in [0.1, 0.15) is 27.5 Å². The van der Waals surface area contributed by atoms with Gasteiger partial charge in [0.2, 0.25) is 5.89 Å². The van der Waals surface area contributed by atoms with Crippen molar-refractivity contribution in [2.24, 2.45) is 0 Å². The fourth-order valence-electron chi connectivity index (χ4n) is 2.18. The third-order valence-electron chi connectivity index (χ3n) is 3.47. The molecule has 0 aliphatic carbocycles. The topological polar surface area (TPSA) is 68.0 Å². The summed E-state index contributed by atoms with van der Waals surface area (Å²) < 4.78 is 5.63. The molecule has 0 saturated carbocycles. The van der Waals surface area contributed by atoms with Crippen molar-refractivity contribution in [2.75, 3.05) is 0 Å². The second-order valence-corrected chi connectivity index (χ2v) is 5.29. The van der Waals surface area contributed by atoms with Gasteiger partial charge in [0.1, 0.15) is 5.76 Å². The smallest absolute Gasteiger partial charge is 0.273 e. The van der Waals surface area contributed by atoms with Gasteiger partial charge in [-0.2, -0.15) is 0 Å². The number of aromatic nitrogens is 2. The van der Waals surface area contributed by atoms with Gasteiger partial charge in [-0.25, -0.2) is 4.98 Å². The zero-order chi connectivity index (χ0) is 16.2. The Labute approximate surface area is 134 Å². The van der Waals surface area contributed by atoms with Crippen LogP contribution in [0, 0.1) is 13.8 Å². The van der Waals surface area contributed by atoms with Crippen LogP contribution < -0.4 is 5.32 Å². The number of rotatable bonds is 4. The van der Waals surface area contributed by atoms with E-state index in [2.05, 4.69) is 15.3 Å². The van der Waals surface area contributed by atoms with Crippen molar-refractivity contribution in [1.82, 2.24) is 15.3 Å². The second kappa shape index (κ2) is 6.44. The number of nitrogens with one attached hydrogen (secondary N) is 1. The van der Waals surface area contributed by atoms with E-state index in [1.807, 2.05) is 49.4 Å². The summed E-state index contributed by atoms with van der Waals surface area (Å²) in [5.74, 6) is 0.680. The first-order valence-corrected chi connectivity index (χ1v) is 7.36. The molecule has 5 nitrogen and oxygen atoms in total. The van der Waals surface area contributed by atoms with Crippen LogP contribution in [-0.2, 0) is 6.54 Å². The Balaban J connectivity index is 1.75. The summed E-state index contributed by atoms with van der Waals surface area (Å²) in [4.78, 5) is 20.8. The second-order valence-electron chi connectivity index (χ2n) is 5.29. The van der Waals surface area contributed by atoms with Gasteiger partial charge >= 0.3 is 0 Å². The lowest BCUT2D eigenvalue weighted by molar-refractivity contribution is 0.0944. The van der Waals surface area contributed by atoms with Crippen molar-refractivity contribution < 1.29 is 9.21 Å². The van der Waals surface area contributed by atoms with Crippen LogP contribution in [0.4, 0.5) is 0 Å². The summed E-state index contributed by atoms with van der Waals surface area (Å²) in [7, 11) is 0. The van der Waals surface area contributed by atoms with Gasteiger partial charge in [-0.05, 0) is 38.1 Å². The first-order valence-electron chi connectivity index (χ1n) is 7.36. The van der Waals surface area contributed by atoms with E-state index < -0.39 is 0 Å². The number of pyridine rings is 1. The van der Waals surface area contributed by atoms with E-state index in [0.717, 1.165) is 16.8 Å². The fourth-order valence-corrected chi connectivity index (χ4v) is 2.18. The van der Waals surface area contributed by atoms with Crippen LogP contribution in [0.25, 0.3) is 11.5 Å². The van der Waals surface area contributed by atoms with E-state index in [1.54, 1.807) is 13.1 Å². The first kappa shape index (κ1) is 15.0. The summed E-state index contributed by atoms with van der Waals surface area (Å²) in [6, 6.07) is 13.4. The number of hydrogen-bond acceptors (Lipinski definition) is 4. The lowest BCUT2D eigenvalue weighted by atomic mass is 10.1. The Kier molecular flexibility index (Phi) is 4.19. The maximum atomic E-state index is 12.3. The van der Waals surface area contributed by atoms with E-state index in [1.165, 1.54) is 0 Å². The Morgan fingerprint density at radius 3 is 2.61 bits per heavy atom.